The molecule has 0 aliphatic carbocycles. The molecule has 500 valence electrons. The third-order valence-electron chi connectivity index (χ3n) is 17.5. The first-order valence-electron chi connectivity index (χ1n) is 36.8. The molecule has 8 unspecified atom stereocenters. The van der Waals surface area contributed by atoms with Gasteiger partial charge in [-0.15, -0.1) is 0 Å². The summed E-state index contributed by atoms with van der Waals surface area (Å²) in [5.74, 6) is -1.18. The number of esters is 1. The molecular formula is C74H139NO10. The van der Waals surface area contributed by atoms with Gasteiger partial charge in [-0.25, -0.2) is 0 Å². The molecule has 0 radical (unpaired) electrons. The van der Waals surface area contributed by atoms with Gasteiger partial charge in [0.2, 0.25) is 5.91 Å². The lowest BCUT2D eigenvalue weighted by Crippen LogP contribution is -2.61. The van der Waals surface area contributed by atoms with Crippen LogP contribution in [0.5, 0.6) is 0 Å². The van der Waals surface area contributed by atoms with Crippen LogP contribution in [0.2, 0.25) is 0 Å². The van der Waals surface area contributed by atoms with Crippen LogP contribution in [-0.2, 0) is 23.8 Å². The second-order valence-corrected chi connectivity index (χ2v) is 25.7. The number of nitrogens with one attached hydrogen (secondary N) is 1. The van der Waals surface area contributed by atoms with Crippen molar-refractivity contribution in [1.82, 2.24) is 5.32 Å². The minimum absolute atomic E-state index is 0.127. The van der Waals surface area contributed by atoms with Crippen LogP contribution >= 0.6 is 0 Å². The Bertz CT molecular complexity index is 1520. The van der Waals surface area contributed by atoms with Gasteiger partial charge < -0.3 is 45.1 Å². The average molecular weight is 1200 g/mol. The number of hydrogen-bond acceptors (Lipinski definition) is 10. The number of hydrogen-bond donors (Lipinski definition) is 6. The van der Waals surface area contributed by atoms with Gasteiger partial charge in [0, 0.05) is 6.42 Å². The van der Waals surface area contributed by atoms with Crippen LogP contribution < -0.4 is 5.32 Å². The van der Waals surface area contributed by atoms with Crippen LogP contribution in [0.4, 0.5) is 0 Å². The Morgan fingerprint density at radius 1 is 0.447 bits per heavy atom. The van der Waals surface area contributed by atoms with E-state index in [0.29, 0.717) is 19.3 Å². The van der Waals surface area contributed by atoms with Crippen LogP contribution in [-0.4, -0.2) is 99.6 Å². The predicted molar refractivity (Wildman–Crippen MR) is 357 cm³/mol. The molecule has 1 heterocycles. The molecule has 1 aliphatic rings. The van der Waals surface area contributed by atoms with Gasteiger partial charge in [-0.3, -0.25) is 9.59 Å². The highest BCUT2D eigenvalue weighted by Gasteiger charge is 2.47. The Morgan fingerprint density at radius 3 is 1.14 bits per heavy atom. The molecule has 1 saturated heterocycles. The van der Waals surface area contributed by atoms with E-state index in [-0.39, 0.29) is 13.0 Å². The Kier molecular flexibility index (Phi) is 59.1. The summed E-state index contributed by atoms with van der Waals surface area (Å²) in [5, 5.41) is 57.3. The quantitative estimate of drug-likeness (QED) is 0.0195. The minimum Gasteiger partial charge on any atom is -0.454 e. The normalized spacial score (nSPS) is 18.5. The Hall–Kier alpha value is -2.12. The molecule has 1 aliphatic heterocycles. The number of allylic oxidation sites excluding steroid dienone is 5. The van der Waals surface area contributed by atoms with Crippen molar-refractivity contribution in [1.29, 1.82) is 0 Å². The number of unbranched alkanes of at least 4 members (excludes halogenated alkanes) is 46. The van der Waals surface area contributed by atoms with E-state index in [1.54, 1.807) is 6.08 Å². The maximum Gasteiger partial charge on any atom is 0.306 e. The van der Waals surface area contributed by atoms with Crippen LogP contribution in [0.25, 0.3) is 0 Å². The Labute approximate surface area is 523 Å². The van der Waals surface area contributed by atoms with Gasteiger partial charge in [0.1, 0.15) is 24.4 Å². The van der Waals surface area contributed by atoms with E-state index in [9.17, 15) is 35.1 Å². The number of ether oxygens (including phenoxy) is 3. The monoisotopic (exact) mass is 1200 g/mol. The van der Waals surface area contributed by atoms with Crippen molar-refractivity contribution in [2.75, 3.05) is 13.2 Å². The largest absolute Gasteiger partial charge is 0.454 e. The molecule has 0 aromatic heterocycles. The molecule has 11 nitrogen and oxygen atoms in total. The topological polar surface area (TPSA) is 175 Å². The summed E-state index contributed by atoms with van der Waals surface area (Å²) in [6.45, 7) is 5.84. The minimum atomic E-state index is -1.61. The summed E-state index contributed by atoms with van der Waals surface area (Å²) in [5.41, 5.74) is 0. The lowest BCUT2D eigenvalue weighted by Gasteiger charge is -2.41. The molecule has 0 aromatic rings. The fourth-order valence-electron chi connectivity index (χ4n) is 11.7. The zero-order valence-electron chi connectivity index (χ0n) is 55.8. The van der Waals surface area contributed by atoms with Crippen LogP contribution in [0, 0.1) is 0 Å². The molecule has 1 fully saturated rings. The van der Waals surface area contributed by atoms with Crippen LogP contribution in [0.3, 0.4) is 0 Å². The van der Waals surface area contributed by atoms with E-state index in [0.717, 1.165) is 57.8 Å². The number of aliphatic hydroxyl groups is 5. The molecule has 85 heavy (non-hydrogen) atoms. The summed E-state index contributed by atoms with van der Waals surface area (Å²) >= 11 is 0. The van der Waals surface area contributed by atoms with E-state index in [4.69, 9.17) is 14.2 Å². The molecule has 11 heteroatoms. The highest BCUT2D eigenvalue weighted by molar-refractivity contribution is 5.80. The smallest absolute Gasteiger partial charge is 0.306 e. The number of rotatable bonds is 64. The highest BCUT2D eigenvalue weighted by Crippen LogP contribution is 2.26. The number of aliphatic hydroxyl groups excluding tert-OH is 5. The fourth-order valence-corrected chi connectivity index (χ4v) is 11.7. The first-order chi connectivity index (χ1) is 41.7. The van der Waals surface area contributed by atoms with Gasteiger partial charge in [-0.1, -0.05) is 314 Å². The summed E-state index contributed by atoms with van der Waals surface area (Å²) < 4.78 is 17.7. The van der Waals surface area contributed by atoms with E-state index >= 15 is 0 Å². The van der Waals surface area contributed by atoms with Gasteiger partial charge in [0.05, 0.1) is 25.4 Å². The third kappa shape index (κ3) is 49.4. The molecule has 1 rings (SSSR count). The zero-order valence-corrected chi connectivity index (χ0v) is 55.8. The molecule has 0 aromatic carbocycles. The van der Waals surface area contributed by atoms with Crippen molar-refractivity contribution < 1.29 is 49.3 Å². The van der Waals surface area contributed by atoms with Crippen molar-refractivity contribution >= 4 is 11.9 Å². The van der Waals surface area contributed by atoms with Crippen molar-refractivity contribution in [2.24, 2.45) is 0 Å². The predicted octanol–water partition coefficient (Wildman–Crippen LogP) is 19.0. The summed E-state index contributed by atoms with van der Waals surface area (Å²) in [4.78, 5) is 26.7. The first kappa shape index (κ1) is 80.9. The zero-order chi connectivity index (χ0) is 61.7. The van der Waals surface area contributed by atoms with Gasteiger partial charge in [-0.05, 0) is 77.0 Å². The Balaban J connectivity index is 2.57. The first-order valence-corrected chi connectivity index (χ1v) is 36.8. The van der Waals surface area contributed by atoms with E-state index in [1.165, 1.54) is 257 Å². The summed E-state index contributed by atoms with van der Waals surface area (Å²) in [6.07, 6.45) is 66.1. The number of carbonyl (C=O) groups excluding carboxylic acids is 2. The number of carbonyl (C=O) groups is 2. The van der Waals surface area contributed by atoms with Gasteiger partial charge in [0.25, 0.3) is 0 Å². The summed E-state index contributed by atoms with van der Waals surface area (Å²) in [6, 6.07) is -1.02. The van der Waals surface area contributed by atoms with Crippen molar-refractivity contribution in [3.8, 4) is 0 Å². The lowest BCUT2D eigenvalue weighted by atomic mass is 9.99. The molecule has 8 atom stereocenters. The molecule has 1 amide bonds. The van der Waals surface area contributed by atoms with Crippen LogP contribution in [0.1, 0.15) is 361 Å². The SMILES string of the molecule is CCCCCCCC/C=C/CCCCCCCCCCCCCCCC(=O)OC1C(OCC(NC(=O)C(O)CCCCCCCCCCCC/C=C/CCCCCCCC)C(O)/C=C/CCCCCCCCCCCCC)OC(CO)C(O)C1O. The van der Waals surface area contributed by atoms with Crippen LogP contribution in [0.15, 0.2) is 36.5 Å². The molecule has 0 saturated carbocycles. The second kappa shape index (κ2) is 62.1. The van der Waals surface area contributed by atoms with E-state index in [1.807, 2.05) is 6.08 Å². The van der Waals surface area contributed by atoms with E-state index < -0.39 is 67.4 Å². The van der Waals surface area contributed by atoms with E-state index in [2.05, 4.69) is 50.4 Å². The standard InChI is InChI=1S/C74H139NO10/c1-4-7-10-13-16-19-22-25-27-29-31-33-34-35-37-39-41-44-47-50-53-56-59-62-69(79)85-72-71(81)70(80)68(63-76)84-74(72)83-64-65(66(77)60-57-54-51-48-45-42-24-21-18-15-12-9-6-3)75-73(82)67(78)61-58-55-52-49-46-43-40-38-36-32-30-28-26-23-20-17-14-11-8-5-2/h25-28,57,60,65-68,70-72,74,76-78,80-81H,4-24,29-56,58-59,61-64H2,1-3H3,(H,75,82)/b27-25+,28-26+,60-57+. The molecule has 0 bridgehead atoms. The van der Waals surface area contributed by atoms with Gasteiger partial charge in [-0.2, -0.15) is 0 Å². The average Bonchev–Trinajstić information content (AvgIpc) is 2.49. The Morgan fingerprint density at radius 2 is 0.776 bits per heavy atom. The molecule has 6 N–H and O–H groups in total. The lowest BCUT2D eigenvalue weighted by molar-refractivity contribution is -0.305. The highest BCUT2D eigenvalue weighted by atomic mass is 16.7. The fraction of sp³-hybridized carbons (Fsp3) is 0.892. The maximum absolute atomic E-state index is 13.5. The van der Waals surface area contributed by atoms with Gasteiger partial charge in [0.15, 0.2) is 12.4 Å². The van der Waals surface area contributed by atoms with Crippen molar-refractivity contribution in [2.45, 2.75) is 410 Å². The number of amides is 1. The maximum atomic E-state index is 13.5. The van der Waals surface area contributed by atoms with Crippen molar-refractivity contribution in [3.63, 3.8) is 0 Å². The second-order valence-electron chi connectivity index (χ2n) is 25.7. The molecule has 0 spiro atoms. The third-order valence-corrected chi connectivity index (χ3v) is 17.5. The van der Waals surface area contributed by atoms with Gasteiger partial charge >= 0.3 is 5.97 Å². The summed E-state index contributed by atoms with van der Waals surface area (Å²) in [7, 11) is 0. The van der Waals surface area contributed by atoms with Crippen molar-refractivity contribution in [3.05, 3.63) is 36.5 Å². The molecular weight excluding hydrogens is 1060 g/mol.